The van der Waals surface area contributed by atoms with E-state index in [1.54, 1.807) is 23.6 Å². The summed E-state index contributed by atoms with van der Waals surface area (Å²) < 4.78 is 0. The van der Waals surface area contributed by atoms with Crippen molar-refractivity contribution in [1.82, 2.24) is 15.0 Å². The summed E-state index contributed by atoms with van der Waals surface area (Å²) in [5, 5.41) is 6.14. The van der Waals surface area contributed by atoms with E-state index in [0.29, 0.717) is 11.6 Å². The van der Waals surface area contributed by atoms with Crippen molar-refractivity contribution in [1.29, 1.82) is 0 Å². The summed E-state index contributed by atoms with van der Waals surface area (Å²) in [5.74, 6) is 1.09. The molecule has 0 saturated heterocycles. The third-order valence-corrected chi connectivity index (χ3v) is 3.27. The summed E-state index contributed by atoms with van der Waals surface area (Å²) in [6, 6.07) is 1.64. The fourth-order valence-electron chi connectivity index (χ4n) is 1.46. The van der Waals surface area contributed by atoms with Crippen LogP contribution in [0.3, 0.4) is 0 Å². The zero-order chi connectivity index (χ0) is 12.5. The summed E-state index contributed by atoms with van der Waals surface area (Å²) in [5.41, 5.74) is 10.8. The average molecular weight is 250 g/mol. The van der Waals surface area contributed by atoms with Crippen molar-refractivity contribution in [3.05, 3.63) is 22.7 Å². The van der Waals surface area contributed by atoms with E-state index in [1.807, 2.05) is 19.2 Å². The topological polar surface area (TPSA) is 103 Å². The van der Waals surface area contributed by atoms with Gasteiger partial charge in [0.25, 0.3) is 0 Å². The highest BCUT2D eigenvalue weighted by atomic mass is 32.1. The van der Waals surface area contributed by atoms with Crippen molar-refractivity contribution in [3.8, 4) is 0 Å². The van der Waals surface area contributed by atoms with E-state index in [4.69, 9.17) is 11.5 Å². The molecule has 0 amide bonds. The molecule has 90 valence electrons. The molecule has 2 aromatic rings. The SMILES string of the molecule is CC(C)(Nc1cc(N)nc(N)n1)c1nccs1. The van der Waals surface area contributed by atoms with Gasteiger partial charge in [-0.25, -0.2) is 4.98 Å². The van der Waals surface area contributed by atoms with Gasteiger partial charge in [0.05, 0.1) is 5.54 Å². The lowest BCUT2D eigenvalue weighted by atomic mass is 10.1. The fraction of sp³-hybridized carbons (Fsp3) is 0.300. The minimum Gasteiger partial charge on any atom is -0.383 e. The Kier molecular flexibility index (Phi) is 2.84. The van der Waals surface area contributed by atoms with Gasteiger partial charge >= 0.3 is 0 Å². The Morgan fingerprint density at radius 3 is 2.65 bits per heavy atom. The molecule has 5 N–H and O–H groups in total. The van der Waals surface area contributed by atoms with E-state index >= 15 is 0 Å². The van der Waals surface area contributed by atoms with Gasteiger partial charge < -0.3 is 16.8 Å². The smallest absolute Gasteiger partial charge is 0.223 e. The van der Waals surface area contributed by atoms with Crippen LogP contribution in [0.25, 0.3) is 0 Å². The van der Waals surface area contributed by atoms with Crippen LogP contribution in [0.4, 0.5) is 17.6 Å². The predicted molar refractivity (Wildman–Crippen MR) is 69.6 cm³/mol. The van der Waals surface area contributed by atoms with Gasteiger partial charge in [-0.15, -0.1) is 11.3 Å². The van der Waals surface area contributed by atoms with Crippen molar-refractivity contribution >= 4 is 28.9 Å². The number of anilines is 3. The Labute approximate surface area is 103 Å². The maximum absolute atomic E-state index is 5.61. The largest absolute Gasteiger partial charge is 0.383 e. The summed E-state index contributed by atoms with van der Waals surface area (Å²) in [7, 11) is 0. The molecule has 0 spiro atoms. The Balaban J connectivity index is 2.26. The number of nitrogens with two attached hydrogens (primary N) is 2. The van der Waals surface area contributed by atoms with Gasteiger partial charge in [0, 0.05) is 17.6 Å². The monoisotopic (exact) mass is 250 g/mol. The van der Waals surface area contributed by atoms with Crippen LogP contribution in [-0.4, -0.2) is 15.0 Å². The molecule has 0 radical (unpaired) electrons. The van der Waals surface area contributed by atoms with Gasteiger partial charge in [-0.05, 0) is 13.8 Å². The maximum atomic E-state index is 5.61. The minimum atomic E-state index is -0.332. The van der Waals surface area contributed by atoms with E-state index in [-0.39, 0.29) is 11.5 Å². The maximum Gasteiger partial charge on any atom is 0.223 e. The standard InChI is InChI=1S/C10H14N6S/c1-10(2,8-13-3-4-17-8)16-7-5-6(11)14-9(12)15-7/h3-5H,1-2H3,(H5,11,12,14,15,16). The Morgan fingerprint density at radius 2 is 2.06 bits per heavy atom. The Morgan fingerprint density at radius 1 is 1.29 bits per heavy atom. The first kappa shape index (κ1) is 11.6. The average Bonchev–Trinajstić information content (AvgIpc) is 2.67. The number of nitrogens with one attached hydrogen (secondary N) is 1. The van der Waals surface area contributed by atoms with Crippen LogP contribution in [0.2, 0.25) is 0 Å². The normalized spacial score (nSPS) is 11.4. The third-order valence-electron chi connectivity index (χ3n) is 2.17. The number of nitrogens with zero attached hydrogens (tertiary/aromatic N) is 3. The van der Waals surface area contributed by atoms with E-state index in [9.17, 15) is 0 Å². The van der Waals surface area contributed by atoms with Crippen LogP contribution in [0.15, 0.2) is 17.6 Å². The lowest BCUT2D eigenvalue weighted by Gasteiger charge is -2.24. The van der Waals surface area contributed by atoms with E-state index in [2.05, 4.69) is 20.3 Å². The summed E-state index contributed by atoms with van der Waals surface area (Å²) in [6.07, 6.45) is 1.77. The number of nitrogen functional groups attached to an aromatic ring is 2. The Hall–Kier alpha value is -1.89. The van der Waals surface area contributed by atoms with Crippen molar-refractivity contribution < 1.29 is 0 Å². The van der Waals surface area contributed by atoms with Crippen LogP contribution < -0.4 is 16.8 Å². The molecule has 6 nitrogen and oxygen atoms in total. The van der Waals surface area contributed by atoms with E-state index < -0.39 is 0 Å². The van der Waals surface area contributed by atoms with E-state index in [1.165, 1.54) is 0 Å². The molecule has 0 fully saturated rings. The van der Waals surface area contributed by atoms with Gasteiger partial charge in [0.2, 0.25) is 5.95 Å². The van der Waals surface area contributed by atoms with Crippen LogP contribution >= 0.6 is 11.3 Å². The second-order valence-corrected chi connectivity index (χ2v) is 5.02. The molecule has 2 rings (SSSR count). The molecular weight excluding hydrogens is 236 g/mol. The second-order valence-electron chi connectivity index (χ2n) is 4.12. The predicted octanol–water partition coefficient (Wildman–Crippen LogP) is 1.44. The van der Waals surface area contributed by atoms with Crippen LogP contribution in [0.1, 0.15) is 18.9 Å². The van der Waals surface area contributed by atoms with E-state index in [0.717, 1.165) is 5.01 Å². The Bertz CT molecular complexity index is 487. The van der Waals surface area contributed by atoms with Crippen molar-refractivity contribution in [2.75, 3.05) is 16.8 Å². The first-order valence-corrected chi connectivity index (χ1v) is 5.93. The van der Waals surface area contributed by atoms with Gasteiger partial charge in [-0.3, -0.25) is 0 Å². The highest BCUT2D eigenvalue weighted by molar-refractivity contribution is 7.09. The summed E-state index contributed by atoms with van der Waals surface area (Å²) in [4.78, 5) is 12.2. The summed E-state index contributed by atoms with van der Waals surface area (Å²) >= 11 is 1.58. The molecule has 2 aromatic heterocycles. The molecule has 0 aliphatic rings. The van der Waals surface area contributed by atoms with Crippen LogP contribution in [-0.2, 0) is 5.54 Å². The minimum absolute atomic E-state index is 0.155. The van der Waals surface area contributed by atoms with Gasteiger partial charge in [-0.2, -0.15) is 9.97 Å². The molecule has 0 unspecified atom stereocenters. The van der Waals surface area contributed by atoms with Gasteiger partial charge in [0.15, 0.2) is 0 Å². The molecule has 0 atom stereocenters. The number of hydrogen-bond donors (Lipinski definition) is 3. The molecule has 0 aromatic carbocycles. The molecule has 0 saturated carbocycles. The summed E-state index contributed by atoms with van der Waals surface area (Å²) in [6.45, 7) is 4.03. The lowest BCUT2D eigenvalue weighted by molar-refractivity contribution is 0.601. The highest BCUT2D eigenvalue weighted by Gasteiger charge is 2.23. The quantitative estimate of drug-likeness (QED) is 0.761. The molecule has 0 bridgehead atoms. The zero-order valence-corrected chi connectivity index (χ0v) is 10.5. The van der Waals surface area contributed by atoms with Gasteiger partial charge in [0.1, 0.15) is 16.6 Å². The molecular formula is C10H14N6S. The third kappa shape index (κ3) is 2.62. The number of hydrogen-bond acceptors (Lipinski definition) is 7. The molecule has 0 aliphatic carbocycles. The number of thiazole rings is 1. The van der Waals surface area contributed by atoms with Crippen LogP contribution in [0.5, 0.6) is 0 Å². The molecule has 0 aliphatic heterocycles. The van der Waals surface area contributed by atoms with Crippen molar-refractivity contribution in [2.24, 2.45) is 0 Å². The van der Waals surface area contributed by atoms with Crippen molar-refractivity contribution in [2.45, 2.75) is 19.4 Å². The first-order chi connectivity index (χ1) is 7.97. The zero-order valence-electron chi connectivity index (χ0n) is 9.64. The number of aromatic nitrogens is 3. The van der Waals surface area contributed by atoms with Gasteiger partial charge in [-0.1, -0.05) is 0 Å². The first-order valence-electron chi connectivity index (χ1n) is 5.05. The molecule has 17 heavy (non-hydrogen) atoms. The second kappa shape index (κ2) is 4.17. The van der Waals surface area contributed by atoms with Crippen LogP contribution in [0, 0.1) is 0 Å². The fourth-order valence-corrected chi connectivity index (χ4v) is 2.17. The lowest BCUT2D eigenvalue weighted by Crippen LogP contribution is -2.28. The number of rotatable bonds is 3. The highest BCUT2D eigenvalue weighted by Crippen LogP contribution is 2.26. The van der Waals surface area contributed by atoms with Crippen molar-refractivity contribution in [3.63, 3.8) is 0 Å². The molecule has 2 heterocycles. The molecule has 7 heteroatoms.